The van der Waals surface area contributed by atoms with Crippen LogP contribution >= 0.6 is 0 Å². The highest BCUT2D eigenvalue weighted by Gasteiger charge is 2.33. The Balaban J connectivity index is 2.11. The molecule has 0 radical (unpaired) electrons. The molecule has 0 aromatic carbocycles. The largest absolute Gasteiger partial charge is 0.335 e. The van der Waals surface area contributed by atoms with Gasteiger partial charge in [-0.05, 0) is 30.7 Å². The predicted molar refractivity (Wildman–Crippen MR) is 66.9 cm³/mol. The molecule has 0 saturated heterocycles. The molecule has 2 rings (SSSR count). The number of nitrogens with zero attached hydrogens (tertiary/aromatic N) is 3. The summed E-state index contributed by atoms with van der Waals surface area (Å²) in [6, 6.07) is 3.58. The van der Waals surface area contributed by atoms with Gasteiger partial charge < -0.3 is 5.32 Å². The maximum Gasteiger partial charge on any atom is 0.270 e. The number of aryl methyl sites for hydroxylation is 1. The first-order chi connectivity index (χ1) is 8.52. The van der Waals surface area contributed by atoms with Crippen LogP contribution in [0, 0.1) is 17.2 Å². The number of carbonyl (C=O) groups is 1. The van der Waals surface area contributed by atoms with Crippen molar-refractivity contribution in [1.29, 1.82) is 5.26 Å². The lowest BCUT2D eigenvalue weighted by Crippen LogP contribution is -2.36. The number of hydrogen-bond acceptors (Lipinski definition) is 3. The lowest BCUT2D eigenvalue weighted by atomic mass is 10.1. The fourth-order valence-electron chi connectivity index (χ4n) is 1.88. The molecule has 0 bridgehead atoms. The molecule has 1 amide bonds. The normalized spacial score (nSPS) is 16.4. The van der Waals surface area contributed by atoms with Crippen LogP contribution in [0.5, 0.6) is 0 Å². The average molecular weight is 246 g/mol. The Hall–Kier alpha value is -1.83. The van der Waals surface area contributed by atoms with E-state index in [4.69, 9.17) is 5.26 Å². The number of carbonyl (C=O) groups excluding carboxylic acids is 1. The first-order valence-electron chi connectivity index (χ1n) is 6.27. The highest BCUT2D eigenvalue weighted by molar-refractivity contribution is 5.93. The third-order valence-electron chi connectivity index (χ3n) is 3.24. The minimum Gasteiger partial charge on any atom is -0.335 e. The smallest absolute Gasteiger partial charge is 0.270 e. The first-order valence-corrected chi connectivity index (χ1v) is 6.27. The maximum absolute atomic E-state index is 12.1. The van der Waals surface area contributed by atoms with E-state index in [1.807, 2.05) is 13.8 Å². The highest BCUT2D eigenvalue weighted by Crippen LogP contribution is 2.32. The number of rotatable bonds is 4. The van der Waals surface area contributed by atoms with Crippen LogP contribution in [0.4, 0.5) is 0 Å². The van der Waals surface area contributed by atoms with Crippen LogP contribution in [0.25, 0.3) is 0 Å². The summed E-state index contributed by atoms with van der Waals surface area (Å²) in [5.41, 5.74) is 1.40. The van der Waals surface area contributed by atoms with Crippen LogP contribution in [0.1, 0.15) is 48.8 Å². The molecule has 18 heavy (non-hydrogen) atoms. The Morgan fingerprint density at radius 2 is 2.28 bits per heavy atom. The summed E-state index contributed by atoms with van der Waals surface area (Å²) in [6.45, 7) is 4.07. The standard InChI is InChI=1S/C13H18N4O/c1-8(2)10-6-12(17(3)16-10)13(18)15-11(7-14)9-4-5-9/h6,8-9,11H,4-5H2,1-3H3,(H,15,18)/t11-/m0/s1. The quantitative estimate of drug-likeness (QED) is 0.876. The summed E-state index contributed by atoms with van der Waals surface area (Å²) in [5.74, 6) is 0.403. The average Bonchev–Trinajstić information content (AvgIpc) is 3.08. The molecule has 1 aromatic heterocycles. The van der Waals surface area contributed by atoms with Crippen molar-refractivity contribution >= 4 is 5.91 Å². The minimum absolute atomic E-state index is 0.213. The second-order valence-corrected chi connectivity index (χ2v) is 5.15. The molecule has 0 unspecified atom stereocenters. The van der Waals surface area contributed by atoms with Gasteiger partial charge in [-0.1, -0.05) is 13.8 Å². The van der Waals surface area contributed by atoms with Gasteiger partial charge in [0.1, 0.15) is 11.7 Å². The number of hydrogen-bond donors (Lipinski definition) is 1. The molecule has 1 fully saturated rings. The van der Waals surface area contributed by atoms with Gasteiger partial charge in [-0.25, -0.2) is 0 Å². The number of nitrogens with one attached hydrogen (secondary N) is 1. The zero-order chi connectivity index (χ0) is 13.3. The van der Waals surface area contributed by atoms with Gasteiger partial charge in [0.25, 0.3) is 5.91 Å². The monoisotopic (exact) mass is 246 g/mol. The zero-order valence-electron chi connectivity index (χ0n) is 11.0. The van der Waals surface area contributed by atoms with Gasteiger partial charge in [-0.3, -0.25) is 9.48 Å². The lowest BCUT2D eigenvalue weighted by molar-refractivity contribution is 0.0932. The molecule has 1 heterocycles. The van der Waals surface area contributed by atoms with Crippen LogP contribution in [-0.2, 0) is 7.05 Å². The topological polar surface area (TPSA) is 70.7 Å². The van der Waals surface area contributed by atoms with Crippen LogP contribution in [0.3, 0.4) is 0 Å². The third kappa shape index (κ3) is 2.53. The molecule has 5 heteroatoms. The van der Waals surface area contributed by atoms with Gasteiger partial charge in [0.05, 0.1) is 11.8 Å². The molecule has 1 aliphatic carbocycles. The molecule has 1 aliphatic rings. The van der Waals surface area contributed by atoms with E-state index in [-0.39, 0.29) is 17.9 Å². The Kier molecular flexibility index (Phi) is 3.37. The molecule has 1 atom stereocenters. The molecule has 5 nitrogen and oxygen atoms in total. The summed E-state index contributed by atoms with van der Waals surface area (Å²) >= 11 is 0. The summed E-state index contributed by atoms with van der Waals surface area (Å²) in [6.07, 6.45) is 2.06. The van der Waals surface area contributed by atoms with Gasteiger partial charge in [0.2, 0.25) is 0 Å². The van der Waals surface area contributed by atoms with E-state index in [1.165, 1.54) is 0 Å². The second-order valence-electron chi connectivity index (χ2n) is 5.15. The minimum atomic E-state index is -0.366. The second kappa shape index (κ2) is 4.81. The lowest BCUT2D eigenvalue weighted by Gasteiger charge is -2.09. The van der Waals surface area contributed by atoms with Crippen molar-refractivity contribution in [3.8, 4) is 6.07 Å². The molecule has 1 saturated carbocycles. The molecule has 1 N–H and O–H groups in total. The Morgan fingerprint density at radius 1 is 1.61 bits per heavy atom. The summed E-state index contributed by atoms with van der Waals surface area (Å²) in [5, 5.41) is 16.1. The summed E-state index contributed by atoms with van der Waals surface area (Å²) in [4.78, 5) is 12.1. The van der Waals surface area contributed by atoms with Crippen molar-refractivity contribution in [1.82, 2.24) is 15.1 Å². The molecular weight excluding hydrogens is 228 g/mol. The SMILES string of the molecule is CC(C)c1cc(C(=O)N[C@@H](C#N)C2CC2)n(C)n1. The molecule has 1 aromatic rings. The van der Waals surface area contributed by atoms with E-state index in [0.717, 1.165) is 18.5 Å². The van der Waals surface area contributed by atoms with Gasteiger partial charge in [-0.15, -0.1) is 0 Å². The molecule has 0 aliphatic heterocycles. The van der Waals surface area contributed by atoms with Crippen LogP contribution in [-0.4, -0.2) is 21.7 Å². The van der Waals surface area contributed by atoms with Gasteiger partial charge in [0.15, 0.2) is 0 Å². The zero-order valence-corrected chi connectivity index (χ0v) is 11.0. The fraction of sp³-hybridized carbons (Fsp3) is 0.615. The van der Waals surface area contributed by atoms with E-state index < -0.39 is 0 Å². The van der Waals surface area contributed by atoms with Crippen molar-refractivity contribution in [3.63, 3.8) is 0 Å². The van der Waals surface area contributed by atoms with Crippen molar-refractivity contribution in [2.24, 2.45) is 13.0 Å². The van der Waals surface area contributed by atoms with Crippen LogP contribution in [0.15, 0.2) is 6.07 Å². The van der Waals surface area contributed by atoms with Crippen molar-refractivity contribution in [3.05, 3.63) is 17.5 Å². The van der Waals surface area contributed by atoms with Gasteiger partial charge >= 0.3 is 0 Å². The highest BCUT2D eigenvalue weighted by atomic mass is 16.2. The number of aromatic nitrogens is 2. The van der Waals surface area contributed by atoms with E-state index in [0.29, 0.717) is 11.6 Å². The van der Waals surface area contributed by atoms with Gasteiger partial charge in [-0.2, -0.15) is 10.4 Å². The maximum atomic E-state index is 12.1. The Labute approximate surface area is 107 Å². The number of nitriles is 1. The summed E-state index contributed by atoms with van der Waals surface area (Å²) < 4.78 is 1.58. The third-order valence-corrected chi connectivity index (χ3v) is 3.24. The molecule has 0 spiro atoms. The van der Waals surface area contributed by atoms with E-state index in [1.54, 1.807) is 17.8 Å². The molecular formula is C13H18N4O. The van der Waals surface area contributed by atoms with Crippen LogP contribution in [0.2, 0.25) is 0 Å². The number of amides is 1. The van der Waals surface area contributed by atoms with Crippen molar-refractivity contribution in [2.45, 2.75) is 38.6 Å². The molecule has 96 valence electrons. The Morgan fingerprint density at radius 3 is 2.72 bits per heavy atom. The van der Waals surface area contributed by atoms with Crippen molar-refractivity contribution in [2.75, 3.05) is 0 Å². The predicted octanol–water partition coefficient (Wildman–Crippen LogP) is 1.58. The first kappa shape index (κ1) is 12.6. The van der Waals surface area contributed by atoms with Crippen LogP contribution < -0.4 is 5.32 Å². The van der Waals surface area contributed by atoms with Crippen molar-refractivity contribution < 1.29 is 4.79 Å². The van der Waals surface area contributed by atoms with E-state index in [2.05, 4.69) is 16.5 Å². The van der Waals surface area contributed by atoms with E-state index >= 15 is 0 Å². The van der Waals surface area contributed by atoms with Gasteiger partial charge in [0, 0.05) is 7.05 Å². The fourth-order valence-corrected chi connectivity index (χ4v) is 1.88. The van der Waals surface area contributed by atoms with E-state index in [9.17, 15) is 4.79 Å². The Bertz CT molecular complexity index is 494. The summed E-state index contributed by atoms with van der Waals surface area (Å²) in [7, 11) is 1.75.